The second kappa shape index (κ2) is 10.9. The van der Waals surface area contributed by atoms with Gasteiger partial charge in [-0.1, -0.05) is 60.5 Å². The van der Waals surface area contributed by atoms with E-state index in [4.69, 9.17) is 32.7 Å². The molecular weight excluding hydrogens is 433 g/mol. The van der Waals surface area contributed by atoms with Crippen LogP contribution >= 0.6 is 23.2 Å². The Balaban J connectivity index is 1.96. The molecule has 0 bridgehead atoms. The Bertz CT molecular complexity index is 1030. The normalized spacial score (nSPS) is 12.0. The Morgan fingerprint density at radius 2 is 1.81 bits per heavy atom. The second-order valence-corrected chi connectivity index (χ2v) is 8.16. The number of carbonyl (C=O) groups excluding carboxylic acids is 1. The fourth-order valence-electron chi connectivity index (χ4n) is 3.62. The highest BCUT2D eigenvalue weighted by atomic mass is 35.5. The third kappa shape index (κ3) is 5.70. The summed E-state index contributed by atoms with van der Waals surface area (Å²) in [5.41, 5.74) is 4.24. The van der Waals surface area contributed by atoms with Crippen LogP contribution in [0.3, 0.4) is 0 Å². The van der Waals surface area contributed by atoms with Gasteiger partial charge in [-0.25, -0.2) is 4.79 Å². The monoisotopic (exact) mass is 459 g/mol. The van der Waals surface area contributed by atoms with Crippen LogP contribution in [0.1, 0.15) is 48.1 Å². The van der Waals surface area contributed by atoms with Crippen LogP contribution in [0.15, 0.2) is 54.6 Å². The fourth-order valence-corrected chi connectivity index (χ4v) is 4.11. The van der Waals surface area contributed by atoms with E-state index >= 15 is 0 Å². The first-order valence-electron chi connectivity index (χ1n) is 10.5. The van der Waals surface area contributed by atoms with Crippen LogP contribution in [-0.4, -0.2) is 23.2 Å². The lowest BCUT2D eigenvalue weighted by molar-refractivity contribution is 0.0517. The predicted molar refractivity (Wildman–Crippen MR) is 126 cm³/mol. The van der Waals surface area contributed by atoms with E-state index < -0.39 is 0 Å². The third-order valence-corrected chi connectivity index (χ3v) is 5.57. The number of benzene rings is 2. The predicted octanol–water partition coefficient (Wildman–Crippen LogP) is 6.67. The molecule has 6 heteroatoms. The molecular formula is C25H27Cl2NO3. The van der Waals surface area contributed by atoms with Crippen molar-refractivity contribution in [3.8, 4) is 5.69 Å². The van der Waals surface area contributed by atoms with Crippen LogP contribution < -0.4 is 0 Å². The molecule has 1 atom stereocenters. The summed E-state index contributed by atoms with van der Waals surface area (Å²) in [6.07, 6.45) is 1.18. The Hall–Kier alpha value is -2.27. The first-order chi connectivity index (χ1) is 14.9. The summed E-state index contributed by atoms with van der Waals surface area (Å²) in [4.78, 5) is 12.6. The van der Waals surface area contributed by atoms with Crippen molar-refractivity contribution in [2.75, 3.05) is 6.61 Å². The smallest absolute Gasteiger partial charge is 0.339 e. The van der Waals surface area contributed by atoms with Gasteiger partial charge in [-0.2, -0.15) is 0 Å². The highest BCUT2D eigenvalue weighted by molar-refractivity contribution is 6.35. The minimum absolute atomic E-state index is 0.0697. The second-order valence-electron chi connectivity index (χ2n) is 7.31. The van der Waals surface area contributed by atoms with Crippen molar-refractivity contribution in [3.63, 3.8) is 0 Å². The molecule has 0 unspecified atom stereocenters. The molecule has 0 aliphatic carbocycles. The molecule has 0 fully saturated rings. The molecule has 1 heterocycles. The summed E-state index contributed by atoms with van der Waals surface area (Å²) in [5.74, 6) is -0.331. The summed E-state index contributed by atoms with van der Waals surface area (Å²) >= 11 is 12.7. The molecule has 0 aliphatic rings. The summed E-state index contributed by atoms with van der Waals surface area (Å²) in [6, 6.07) is 17.3. The van der Waals surface area contributed by atoms with Crippen LogP contribution in [0.2, 0.25) is 10.0 Å². The van der Waals surface area contributed by atoms with E-state index in [1.807, 2.05) is 60.9 Å². The average Bonchev–Trinajstić information content (AvgIpc) is 3.11. The summed E-state index contributed by atoms with van der Waals surface area (Å²) in [6.45, 7) is 6.68. The molecule has 3 rings (SSSR count). The van der Waals surface area contributed by atoms with Crippen molar-refractivity contribution >= 4 is 29.2 Å². The van der Waals surface area contributed by atoms with Crippen LogP contribution in [-0.2, 0) is 28.9 Å². The number of hydrogen-bond acceptors (Lipinski definition) is 3. The van der Waals surface area contributed by atoms with Crippen LogP contribution in [0.25, 0.3) is 5.69 Å². The Labute approximate surface area is 193 Å². The zero-order valence-corrected chi connectivity index (χ0v) is 19.5. The highest BCUT2D eigenvalue weighted by Gasteiger charge is 2.23. The average molecular weight is 460 g/mol. The number of rotatable bonds is 9. The fraction of sp³-hybridized carbons (Fsp3) is 0.320. The zero-order chi connectivity index (χ0) is 22.4. The van der Waals surface area contributed by atoms with E-state index in [9.17, 15) is 4.79 Å². The number of esters is 1. The van der Waals surface area contributed by atoms with Crippen LogP contribution in [0.5, 0.6) is 0 Å². The summed E-state index contributed by atoms with van der Waals surface area (Å²) in [7, 11) is 0. The molecule has 1 aromatic heterocycles. The van der Waals surface area contributed by atoms with Gasteiger partial charge < -0.3 is 14.0 Å². The maximum atomic E-state index is 12.6. The van der Waals surface area contributed by atoms with Gasteiger partial charge in [-0.3, -0.25) is 0 Å². The van der Waals surface area contributed by atoms with Gasteiger partial charge >= 0.3 is 5.97 Å². The summed E-state index contributed by atoms with van der Waals surface area (Å²) in [5, 5.41) is 1.08. The standard InChI is InChI=1S/C25H27Cl2NO3/c1-4-23-21(25(29)30-5-2)15-20(28(23)24-12-11-19(26)14-22(24)27)13-17(3)31-16-18-9-7-6-8-10-18/h6-12,14-15,17H,4-5,13,16H2,1-3H3/t17-/m0/s1. The molecule has 0 spiro atoms. The lowest BCUT2D eigenvalue weighted by Crippen LogP contribution is -2.15. The van der Waals surface area contributed by atoms with Crippen LogP contribution in [0, 0.1) is 0 Å². The maximum Gasteiger partial charge on any atom is 0.339 e. The van der Waals surface area contributed by atoms with Crippen molar-refractivity contribution in [1.29, 1.82) is 0 Å². The van der Waals surface area contributed by atoms with E-state index in [0.29, 0.717) is 41.7 Å². The third-order valence-electron chi connectivity index (χ3n) is 5.03. The topological polar surface area (TPSA) is 40.5 Å². The quantitative estimate of drug-likeness (QED) is 0.335. The molecule has 0 radical (unpaired) electrons. The van der Waals surface area contributed by atoms with Gasteiger partial charge in [-0.05, 0) is 50.1 Å². The largest absolute Gasteiger partial charge is 0.462 e. The minimum Gasteiger partial charge on any atom is -0.462 e. The Kier molecular flexibility index (Phi) is 8.19. The van der Waals surface area contributed by atoms with Gasteiger partial charge in [-0.15, -0.1) is 0 Å². The lowest BCUT2D eigenvalue weighted by Gasteiger charge is -2.18. The molecule has 0 aliphatic heterocycles. The van der Waals surface area contributed by atoms with Gasteiger partial charge in [0, 0.05) is 22.8 Å². The van der Waals surface area contributed by atoms with Gasteiger partial charge in [0.1, 0.15) is 0 Å². The van der Waals surface area contributed by atoms with Crippen molar-refractivity contribution < 1.29 is 14.3 Å². The molecule has 31 heavy (non-hydrogen) atoms. The summed E-state index contributed by atoms with van der Waals surface area (Å²) < 4.78 is 13.4. The molecule has 164 valence electrons. The van der Waals surface area contributed by atoms with Gasteiger partial charge in [0.25, 0.3) is 0 Å². The number of halogens is 2. The molecule has 0 saturated carbocycles. The van der Waals surface area contributed by atoms with Crippen molar-refractivity contribution in [1.82, 2.24) is 4.57 Å². The van der Waals surface area contributed by atoms with E-state index in [1.165, 1.54) is 0 Å². The van der Waals surface area contributed by atoms with Gasteiger partial charge in [0.2, 0.25) is 0 Å². The Morgan fingerprint density at radius 3 is 2.45 bits per heavy atom. The Morgan fingerprint density at radius 1 is 1.06 bits per heavy atom. The molecule has 0 saturated heterocycles. The molecule has 0 amide bonds. The van der Waals surface area contributed by atoms with Gasteiger partial charge in [0.15, 0.2) is 0 Å². The first-order valence-corrected chi connectivity index (χ1v) is 11.2. The van der Waals surface area contributed by atoms with E-state index in [2.05, 4.69) is 0 Å². The van der Waals surface area contributed by atoms with E-state index in [0.717, 1.165) is 22.6 Å². The lowest BCUT2D eigenvalue weighted by atomic mass is 10.1. The van der Waals surface area contributed by atoms with E-state index in [1.54, 1.807) is 19.1 Å². The van der Waals surface area contributed by atoms with Crippen molar-refractivity contribution in [2.45, 2.75) is 46.3 Å². The number of ether oxygens (including phenoxy) is 2. The van der Waals surface area contributed by atoms with Crippen molar-refractivity contribution in [3.05, 3.63) is 87.2 Å². The zero-order valence-electron chi connectivity index (χ0n) is 18.0. The van der Waals surface area contributed by atoms with Gasteiger partial charge in [0.05, 0.1) is 35.6 Å². The van der Waals surface area contributed by atoms with Crippen LogP contribution in [0.4, 0.5) is 0 Å². The highest BCUT2D eigenvalue weighted by Crippen LogP contribution is 2.31. The molecule has 0 N–H and O–H groups in total. The maximum absolute atomic E-state index is 12.6. The number of aromatic nitrogens is 1. The van der Waals surface area contributed by atoms with Crippen molar-refractivity contribution in [2.24, 2.45) is 0 Å². The van der Waals surface area contributed by atoms with E-state index in [-0.39, 0.29) is 12.1 Å². The number of carbonyl (C=O) groups is 1. The molecule has 3 aromatic rings. The number of nitrogens with zero attached hydrogens (tertiary/aromatic N) is 1. The molecule has 2 aromatic carbocycles. The minimum atomic E-state index is -0.331. The SMILES string of the molecule is CCOC(=O)c1cc(C[C@H](C)OCc2ccccc2)n(-c2ccc(Cl)cc2Cl)c1CC. The first kappa shape index (κ1) is 23.4. The molecule has 4 nitrogen and oxygen atoms in total. The number of hydrogen-bond donors (Lipinski definition) is 0.